The number of rotatable bonds is 6. The first-order valence-electron chi connectivity index (χ1n) is 6.20. The van der Waals surface area contributed by atoms with Crippen LogP contribution in [0.2, 0.25) is 0 Å². The van der Waals surface area contributed by atoms with Crippen molar-refractivity contribution in [2.45, 2.75) is 13.0 Å². The smallest absolute Gasteiger partial charge is 0.334 e. The molecule has 1 N–H and O–H groups in total. The lowest BCUT2D eigenvalue weighted by Gasteiger charge is -2.17. The van der Waals surface area contributed by atoms with Gasteiger partial charge in [0.25, 0.3) is 0 Å². The highest BCUT2D eigenvalue weighted by molar-refractivity contribution is 7.09. The molecule has 1 atom stereocenters. The van der Waals surface area contributed by atoms with Gasteiger partial charge >= 0.3 is 5.97 Å². The summed E-state index contributed by atoms with van der Waals surface area (Å²) in [7, 11) is 1.61. The largest absolute Gasteiger partial charge is 0.497 e. The minimum Gasteiger partial charge on any atom is -0.497 e. The number of benzene rings is 1. The Morgan fingerprint density at radius 3 is 2.70 bits per heavy atom. The monoisotopic (exact) mass is 292 g/mol. The fourth-order valence-corrected chi connectivity index (χ4v) is 2.35. The van der Waals surface area contributed by atoms with E-state index in [1.165, 1.54) is 11.3 Å². The summed E-state index contributed by atoms with van der Waals surface area (Å²) in [5.74, 6) is 0.452. The topological polar surface area (TPSA) is 60.5 Å². The predicted octanol–water partition coefficient (Wildman–Crippen LogP) is 2.87. The SMILES string of the molecule is CCOC(=O)C(Nc1ccc(OC)cc1)c1cncs1. The average molecular weight is 292 g/mol. The first kappa shape index (κ1) is 14.3. The molecule has 1 aromatic heterocycles. The molecule has 1 heterocycles. The van der Waals surface area contributed by atoms with Crippen molar-refractivity contribution in [2.24, 2.45) is 0 Å². The lowest BCUT2D eigenvalue weighted by atomic mass is 10.2. The molecular weight excluding hydrogens is 276 g/mol. The van der Waals surface area contributed by atoms with Gasteiger partial charge in [-0.1, -0.05) is 0 Å². The molecule has 0 spiro atoms. The molecule has 0 saturated carbocycles. The molecule has 5 nitrogen and oxygen atoms in total. The van der Waals surface area contributed by atoms with Crippen LogP contribution in [0.5, 0.6) is 5.75 Å². The summed E-state index contributed by atoms with van der Waals surface area (Å²) >= 11 is 1.41. The van der Waals surface area contributed by atoms with Crippen molar-refractivity contribution < 1.29 is 14.3 Å². The number of hydrogen-bond donors (Lipinski definition) is 1. The number of thiazole rings is 1. The molecule has 0 radical (unpaired) electrons. The normalized spacial score (nSPS) is 11.7. The van der Waals surface area contributed by atoms with E-state index >= 15 is 0 Å². The Balaban J connectivity index is 2.16. The van der Waals surface area contributed by atoms with E-state index in [4.69, 9.17) is 9.47 Å². The number of carbonyl (C=O) groups excluding carboxylic acids is 1. The molecule has 0 aliphatic rings. The standard InChI is InChI=1S/C14H16N2O3S/c1-3-19-14(17)13(12-8-15-9-20-12)16-10-4-6-11(18-2)7-5-10/h4-9,13,16H,3H2,1-2H3. The van der Waals surface area contributed by atoms with E-state index in [0.717, 1.165) is 16.3 Å². The second-order valence-electron chi connectivity index (χ2n) is 3.96. The van der Waals surface area contributed by atoms with Gasteiger partial charge in [0.15, 0.2) is 6.04 Å². The fraction of sp³-hybridized carbons (Fsp3) is 0.286. The summed E-state index contributed by atoms with van der Waals surface area (Å²) in [5.41, 5.74) is 2.51. The van der Waals surface area contributed by atoms with E-state index < -0.39 is 6.04 Å². The number of esters is 1. The Hall–Kier alpha value is -2.08. The Bertz CT molecular complexity index is 540. The molecule has 0 amide bonds. The summed E-state index contributed by atoms with van der Waals surface area (Å²) in [5, 5.41) is 3.16. The summed E-state index contributed by atoms with van der Waals surface area (Å²) in [4.78, 5) is 16.9. The number of anilines is 1. The second kappa shape index (κ2) is 6.91. The van der Waals surface area contributed by atoms with Gasteiger partial charge in [-0.15, -0.1) is 11.3 Å². The quantitative estimate of drug-likeness (QED) is 0.830. The Kier molecular flexibility index (Phi) is 4.95. The minimum atomic E-state index is -0.546. The van der Waals surface area contributed by atoms with Crippen LogP contribution in [-0.2, 0) is 9.53 Å². The van der Waals surface area contributed by atoms with Crippen LogP contribution in [0.4, 0.5) is 5.69 Å². The zero-order chi connectivity index (χ0) is 14.4. The van der Waals surface area contributed by atoms with E-state index in [0.29, 0.717) is 6.61 Å². The summed E-state index contributed by atoms with van der Waals surface area (Å²) < 4.78 is 10.2. The van der Waals surface area contributed by atoms with Gasteiger partial charge in [0.2, 0.25) is 0 Å². The molecule has 0 aliphatic heterocycles. The van der Waals surface area contributed by atoms with Crippen molar-refractivity contribution in [1.82, 2.24) is 4.98 Å². The van der Waals surface area contributed by atoms with E-state index in [1.54, 1.807) is 25.7 Å². The van der Waals surface area contributed by atoms with E-state index in [9.17, 15) is 4.79 Å². The molecule has 106 valence electrons. The van der Waals surface area contributed by atoms with Crippen molar-refractivity contribution >= 4 is 23.0 Å². The van der Waals surface area contributed by atoms with Crippen molar-refractivity contribution in [2.75, 3.05) is 19.0 Å². The highest BCUT2D eigenvalue weighted by Crippen LogP contribution is 2.25. The molecule has 0 bridgehead atoms. The molecule has 6 heteroatoms. The minimum absolute atomic E-state index is 0.312. The molecule has 0 fully saturated rings. The third kappa shape index (κ3) is 3.48. The summed E-state index contributed by atoms with van der Waals surface area (Å²) in [6.07, 6.45) is 1.67. The number of methoxy groups -OCH3 is 1. The molecule has 1 unspecified atom stereocenters. The number of hydrogen-bond acceptors (Lipinski definition) is 6. The van der Waals surface area contributed by atoms with Gasteiger partial charge in [0, 0.05) is 11.9 Å². The van der Waals surface area contributed by atoms with Crippen LogP contribution in [0.1, 0.15) is 17.8 Å². The van der Waals surface area contributed by atoms with Crippen LogP contribution in [0, 0.1) is 0 Å². The van der Waals surface area contributed by atoms with Crippen LogP contribution < -0.4 is 10.1 Å². The van der Waals surface area contributed by atoms with Crippen LogP contribution in [0.3, 0.4) is 0 Å². The van der Waals surface area contributed by atoms with Crippen LogP contribution in [0.25, 0.3) is 0 Å². The van der Waals surface area contributed by atoms with Crippen LogP contribution in [0.15, 0.2) is 36.0 Å². The lowest BCUT2D eigenvalue weighted by Crippen LogP contribution is -2.22. The van der Waals surface area contributed by atoms with Crippen LogP contribution >= 0.6 is 11.3 Å². The Morgan fingerprint density at radius 2 is 2.15 bits per heavy atom. The number of nitrogens with one attached hydrogen (secondary N) is 1. The summed E-state index contributed by atoms with van der Waals surface area (Å²) in [6, 6.07) is 6.82. The van der Waals surface area contributed by atoms with Crippen molar-refractivity contribution in [3.63, 3.8) is 0 Å². The second-order valence-corrected chi connectivity index (χ2v) is 4.88. The highest BCUT2D eigenvalue weighted by Gasteiger charge is 2.23. The molecule has 20 heavy (non-hydrogen) atoms. The molecular formula is C14H16N2O3S. The maximum absolute atomic E-state index is 12.0. The number of nitrogens with zero attached hydrogens (tertiary/aromatic N) is 1. The Labute approximate surface area is 121 Å². The van der Waals surface area contributed by atoms with Gasteiger partial charge in [0.1, 0.15) is 5.75 Å². The zero-order valence-corrected chi connectivity index (χ0v) is 12.1. The number of aromatic nitrogens is 1. The van der Waals surface area contributed by atoms with Crippen molar-refractivity contribution in [3.8, 4) is 5.75 Å². The molecule has 2 rings (SSSR count). The van der Waals surface area contributed by atoms with E-state index in [1.807, 2.05) is 24.3 Å². The zero-order valence-electron chi connectivity index (χ0n) is 11.3. The van der Waals surface area contributed by atoms with Gasteiger partial charge in [-0.3, -0.25) is 4.98 Å². The predicted molar refractivity (Wildman–Crippen MR) is 78.1 cm³/mol. The molecule has 0 saturated heterocycles. The van der Waals surface area contributed by atoms with Gasteiger partial charge in [-0.05, 0) is 31.2 Å². The van der Waals surface area contributed by atoms with Gasteiger partial charge < -0.3 is 14.8 Å². The van der Waals surface area contributed by atoms with Crippen molar-refractivity contribution in [3.05, 3.63) is 40.8 Å². The fourth-order valence-electron chi connectivity index (χ4n) is 1.69. The van der Waals surface area contributed by atoms with Gasteiger partial charge in [-0.2, -0.15) is 0 Å². The van der Waals surface area contributed by atoms with E-state index in [-0.39, 0.29) is 5.97 Å². The summed E-state index contributed by atoms with van der Waals surface area (Å²) in [6.45, 7) is 2.13. The number of carbonyl (C=O) groups is 1. The maximum atomic E-state index is 12.0. The first-order chi connectivity index (χ1) is 9.74. The third-order valence-corrected chi connectivity index (χ3v) is 3.50. The van der Waals surface area contributed by atoms with E-state index in [2.05, 4.69) is 10.3 Å². The van der Waals surface area contributed by atoms with Gasteiger partial charge in [-0.25, -0.2) is 4.79 Å². The molecule has 2 aromatic rings. The third-order valence-electron chi connectivity index (χ3n) is 2.66. The molecule has 0 aliphatic carbocycles. The lowest BCUT2D eigenvalue weighted by molar-refractivity contribution is -0.144. The average Bonchev–Trinajstić information content (AvgIpc) is 2.99. The van der Waals surface area contributed by atoms with Crippen molar-refractivity contribution in [1.29, 1.82) is 0 Å². The number of ether oxygens (including phenoxy) is 2. The highest BCUT2D eigenvalue weighted by atomic mass is 32.1. The maximum Gasteiger partial charge on any atom is 0.334 e. The van der Waals surface area contributed by atoms with Gasteiger partial charge in [0.05, 0.1) is 24.1 Å². The Morgan fingerprint density at radius 1 is 1.40 bits per heavy atom. The first-order valence-corrected chi connectivity index (χ1v) is 7.08. The molecule has 1 aromatic carbocycles. The van der Waals surface area contributed by atoms with Crippen LogP contribution in [-0.4, -0.2) is 24.7 Å².